The number of anilines is 1. The van der Waals surface area contributed by atoms with Crippen molar-refractivity contribution < 1.29 is 27.8 Å². The Hall–Kier alpha value is -2.67. The molecule has 0 aliphatic carbocycles. The van der Waals surface area contributed by atoms with E-state index in [1.165, 1.54) is 23.2 Å². The molecule has 1 amide bonds. The van der Waals surface area contributed by atoms with Crippen LogP contribution in [0.15, 0.2) is 35.7 Å². The first-order valence-corrected chi connectivity index (χ1v) is 14.5. The van der Waals surface area contributed by atoms with E-state index in [1.54, 1.807) is 31.0 Å². The molecule has 0 unspecified atom stereocenters. The highest BCUT2D eigenvalue weighted by Gasteiger charge is 2.30. The van der Waals surface area contributed by atoms with Crippen LogP contribution in [-0.2, 0) is 21.8 Å². The number of carbonyl (C=O) groups excluding carboxylic acids is 1. The molecular weight excluding hydrogens is 510 g/mol. The summed E-state index contributed by atoms with van der Waals surface area (Å²) in [5, 5.41) is 13.0. The number of likely N-dealkylation sites (N-methyl/N-ethyl adjacent to an activating group) is 1. The highest BCUT2D eigenvalue weighted by molar-refractivity contribution is 7.92. The Morgan fingerprint density at radius 2 is 2.03 bits per heavy atom. The van der Waals surface area contributed by atoms with Crippen LogP contribution in [0.5, 0.6) is 5.75 Å². The standard InChI is InChI=1S/C26H41N5O6S/c1-18-14-31(19(2)16-32)26(33)22-12-21(29-38(34,35)25-15-30(5)17-28-25)9-10-23(22)37-20(3)8-6-7-11-36-24(18)13-27-4/h9-10,12,15,17-20,24,27,29,32H,6-8,11,13-14,16H2,1-5H3/t18-,19+,20+,24-/m1/s1. The third kappa shape index (κ3) is 7.68. The minimum Gasteiger partial charge on any atom is -0.490 e. The van der Waals surface area contributed by atoms with Crippen molar-refractivity contribution in [1.82, 2.24) is 19.8 Å². The summed E-state index contributed by atoms with van der Waals surface area (Å²) in [5.41, 5.74) is 0.426. The number of benzene rings is 1. The summed E-state index contributed by atoms with van der Waals surface area (Å²) in [6.07, 6.45) is 5.07. The molecule has 0 spiro atoms. The van der Waals surface area contributed by atoms with Crippen LogP contribution in [0.1, 0.15) is 50.4 Å². The molecule has 12 heteroatoms. The topological polar surface area (TPSA) is 135 Å². The number of aryl methyl sites for hydroxylation is 1. The number of aliphatic hydroxyl groups excluding tert-OH is 1. The van der Waals surface area contributed by atoms with Gasteiger partial charge < -0.3 is 29.4 Å². The van der Waals surface area contributed by atoms with Crippen LogP contribution in [0.2, 0.25) is 0 Å². The SMILES string of the molecule is CNC[C@H]1OCCCC[C@H](C)Oc2ccc(NS(=O)(=O)c3cn(C)cn3)cc2C(=O)N([C@@H](C)CO)C[C@H]1C. The first-order chi connectivity index (χ1) is 18.1. The molecule has 38 heavy (non-hydrogen) atoms. The highest BCUT2D eigenvalue weighted by atomic mass is 32.2. The van der Waals surface area contributed by atoms with Crippen molar-refractivity contribution in [2.45, 2.75) is 63.3 Å². The Bertz CT molecular complexity index is 1170. The molecule has 0 bridgehead atoms. The van der Waals surface area contributed by atoms with Gasteiger partial charge in [-0.05, 0) is 58.4 Å². The molecule has 2 heterocycles. The molecule has 3 N–H and O–H groups in total. The summed E-state index contributed by atoms with van der Waals surface area (Å²) < 4.78 is 42.2. The largest absolute Gasteiger partial charge is 0.490 e. The Balaban J connectivity index is 2.02. The van der Waals surface area contributed by atoms with Crippen LogP contribution in [-0.4, -0.2) is 85.5 Å². The molecule has 4 atom stereocenters. The van der Waals surface area contributed by atoms with Crippen LogP contribution in [0.25, 0.3) is 0 Å². The van der Waals surface area contributed by atoms with Gasteiger partial charge in [0, 0.05) is 44.5 Å². The van der Waals surface area contributed by atoms with E-state index in [-0.39, 0.29) is 46.9 Å². The second kappa shape index (κ2) is 13.4. The molecule has 1 aromatic carbocycles. The number of aliphatic hydroxyl groups is 1. The number of hydrogen-bond donors (Lipinski definition) is 3. The summed E-state index contributed by atoms with van der Waals surface area (Å²) in [4.78, 5) is 19.5. The number of fused-ring (bicyclic) bond motifs is 1. The number of imidazole rings is 1. The van der Waals surface area contributed by atoms with E-state index in [9.17, 15) is 18.3 Å². The Labute approximate surface area is 225 Å². The van der Waals surface area contributed by atoms with Crippen molar-refractivity contribution in [1.29, 1.82) is 0 Å². The van der Waals surface area contributed by atoms with Crippen molar-refractivity contribution in [3.63, 3.8) is 0 Å². The normalized spacial score (nSPS) is 22.7. The van der Waals surface area contributed by atoms with Gasteiger partial charge in [-0.3, -0.25) is 9.52 Å². The maximum Gasteiger partial charge on any atom is 0.280 e. The number of ether oxygens (including phenoxy) is 2. The molecule has 1 aromatic heterocycles. The third-order valence-electron chi connectivity index (χ3n) is 6.67. The van der Waals surface area contributed by atoms with Crippen molar-refractivity contribution >= 4 is 21.6 Å². The zero-order valence-electron chi connectivity index (χ0n) is 22.9. The number of carbonyl (C=O) groups is 1. The number of hydrogen-bond acceptors (Lipinski definition) is 8. The van der Waals surface area contributed by atoms with Gasteiger partial charge in [0.15, 0.2) is 5.03 Å². The summed E-state index contributed by atoms with van der Waals surface area (Å²) in [7, 11) is -0.420. The van der Waals surface area contributed by atoms with Crippen molar-refractivity contribution in [3.8, 4) is 5.75 Å². The molecule has 1 aliphatic rings. The maximum atomic E-state index is 14.0. The lowest BCUT2D eigenvalue weighted by Crippen LogP contribution is -2.47. The van der Waals surface area contributed by atoms with Crippen molar-refractivity contribution in [2.75, 3.05) is 38.1 Å². The van der Waals surface area contributed by atoms with Crippen LogP contribution < -0.4 is 14.8 Å². The molecule has 1 aliphatic heterocycles. The average molecular weight is 552 g/mol. The van der Waals surface area contributed by atoms with E-state index in [4.69, 9.17) is 9.47 Å². The molecule has 11 nitrogen and oxygen atoms in total. The predicted octanol–water partition coefficient (Wildman–Crippen LogP) is 2.24. The molecular formula is C26H41N5O6S. The van der Waals surface area contributed by atoms with E-state index >= 15 is 0 Å². The first-order valence-electron chi connectivity index (χ1n) is 13.0. The monoisotopic (exact) mass is 551 g/mol. The minimum atomic E-state index is -3.96. The number of amides is 1. The van der Waals surface area contributed by atoms with Gasteiger partial charge in [0.25, 0.3) is 15.9 Å². The second-order valence-electron chi connectivity index (χ2n) is 10.1. The summed E-state index contributed by atoms with van der Waals surface area (Å²) >= 11 is 0. The Morgan fingerprint density at radius 1 is 1.26 bits per heavy atom. The lowest BCUT2D eigenvalue weighted by Gasteiger charge is -2.34. The Morgan fingerprint density at radius 3 is 2.68 bits per heavy atom. The fraction of sp³-hybridized carbons (Fsp3) is 0.615. The average Bonchev–Trinajstić information content (AvgIpc) is 3.33. The van der Waals surface area contributed by atoms with E-state index in [1.807, 2.05) is 20.9 Å². The van der Waals surface area contributed by atoms with Gasteiger partial charge in [-0.25, -0.2) is 4.98 Å². The van der Waals surface area contributed by atoms with Gasteiger partial charge in [0.05, 0.1) is 36.7 Å². The molecule has 0 saturated carbocycles. The number of nitrogens with zero attached hydrogens (tertiary/aromatic N) is 3. The predicted molar refractivity (Wildman–Crippen MR) is 145 cm³/mol. The lowest BCUT2D eigenvalue weighted by atomic mass is 10.0. The summed E-state index contributed by atoms with van der Waals surface area (Å²) in [5.74, 6) is -0.0246. The summed E-state index contributed by atoms with van der Waals surface area (Å²) in [6, 6.07) is 4.19. The number of rotatable bonds is 7. The van der Waals surface area contributed by atoms with Gasteiger partial charge in [0.1, 0.15) is 5.75 Å². The molecule has 0 saturated heterocycles. The molecule has 212 valence electrons. The number of sulfonamides is 1. The third-order valence-corrected chi connectivity index (χ3v) is 7.93. The zero-order chi connectivity index (χ0) is 27.9. The van der Waals surface area contributed by atoms with Gasteiger partial charge in [-0.15, -0.1) is 0 Å². The second-order valence-corrected chi connectivity index (χ2v) is 11.7. The van der Waals surface area contributed by atoms with E-state index in [0.717, 1.165) is 19.3 Å². The van der Waals surface area contributed by atoms with Crippen molar-refractivity contribution in [2.24, 2.45) is 13.0 Å². The van der Waals surface area contributed by atoms with E-state index in [2.05, 4.69) is 15.0 Å². The quantitative estimate of drug-likeness (QED) is 0.477. The number of nitrogens with one attached hydrogen (secondary N) is 2. The van der Waals surface area contributed by atoms with Gasteiger partial charge in [0.2, 0.25) is 0 Å². The van der Waals surface area contributed by atoms with Crippen LogP contribution in [0.3, 0.4) is 0 Å². The van der Waals surface area contributed by atoms with Crippen LogP contribution in [0.4, 0.5) is 5.69 Å². The number of aromatic nitrogens is 2. The van der Waals surface area contributed by atoms with E-state index < -0.39 is 16.1 Å². The minimum absolute atomic E-state index is 0.0301. The molecule has 0 fully saturated rings. The highest BCUT2D eigenvalue weighted by Crippen LogP contribution is 2.29. The fourth-order valence-corrected chi connectivity index (χ4v) is 5.45. The molecule has 0 radical (unpaired) electrons. The summed E-state index contributed by atoms with van der Waals surface area (Å²) in [6.45, 7) is 7.10. The first kappa shape index (κ1) is 29.9. The van der Waals surface area contributed by atoms with Gasteiger partial charge in [-0.2, -0.15) is 8.42 Å². The molecule has 3 rings (SSSR count). The zero-order valence-corrected chi connectivity index (χ0v) is 23.7. The smallest absolute Gasteiger partial charge is 0.280 e. The van der Waals surface area contributed by atoms with Crippen LogP contribution in [0, 0.1) is 5.92 Å². The Kier molecular flexibility index (Phi) is 10.5. The van der Waals surface area contributed by atoms with Gasteiger partial charge in [-0.1, -0.05) is 6.92 Å². The fourth-order valence-electron chi connectivity index (χ4n) is 4.41. The van der Waals surface area contributed by atoms with Crippen molar-refractivity contribution in [3.05, 3.63) is 36.3 Å². The van der Waals surface area contributed by atoms with Gasteiger partial charge >= 0.3 is 0 Å². The maximum absolute atomic E-state index is 14.0. The molecule has 2 aromatic rings. The lowest BCUT2D eigenvalue weighted by molar-refractivity contribution is -0.000450. The van der Waals surface area contributed by atoms with Crippen LogP contribution >= 0.6 is 0 Å². The van der Waals surface area contributed by atoms with E-state index in [0.29, 0.717) is 25.4 Å².